The molecule has 9 rings (SSSR count). The number of allylic oxidation sites excluding steroid dienone is 1. The van der Waals surface area contributed by atoms with E-state index in [0.717, 1.165) is 44.4 Å². The first kappa shape index (κ1) is 25.1. The maximum Gasteiger partial charge on any atom is 0.227 e. The number of fused-ring (bicyclic) bond motifs is 10. The molecule has 44 heavy (non-hydrogen) atoms. The second-order valence-corrected chi connectivity index (χ2v) is 11.8. The molecular weight excluding hydrogens is 545 g/mol. The first-order chi connectivity index (χ1) is 21.6. The highest BCUT2D eigenvalue weighted by atomic mass is 19.1. The molecule has 210 valence electrons. The lowest BCUT2D eigenvalue weighted by Gasteiger charge is -2.30. The minimum absolute atomic E-state index is 0.0184. The zero-order chi connectivity index (χ0) is 29.5. The molecule has 3 unspecified atom stereocenters. The van der Waals surface area contributed by atoms with Gasteiger partial charge in [-0.1, -0.05) is 43.0 Å². The predicted molar refractivity (Wildman–Crippen MR) is 169 cm³/mol. The largest absolute Gasteiger partial charge is 0.437 e. The summed E-state index contributed by atoms with van der Waals surface area (Å²) in [7, 11) is 0. The standard InChI is InChI=1S/C39H28FN3O/c1-3-32-35(28-9-5-4-8-27(28)33-10-6-7-20-42(32)33)37-31-18-17-29-30-16-11-23(2)41-39(30)44-38(29)36(31)34-22-25(19-21-43(34)37)24-12-14-26(40)15-13-24/h3-22,32,35,37H,1H2,2H3/q+2. The number of rotatable bonds is 3. The molecule has 0 fully saturated rings. The minimum atomic E-state index is -0.245. The van der Waals surface area contributed by atoms with Gasteiger partial charge in [0.15, 0.2) is 30.1 Å². The third kappa shape index (κ3) is 3.47. The minimum Gasteiger partial charge on any atom is -0.437 e. The summed E-state index contributed by atoms with van der Waals surface area (Å²) in [5.41, 5.74) is 11.5. The van der Waals surface area contributed by atoms with Crippen molar-refractivity contribution in [2.24, 2.45) is 0 Å². The van der Waals surface area contributed by atoms with Gasteiger partial charge in [0.2, 0.25) is 17.1 Å². The molecule has 0 radical (unpaired) electrons. The number of hydrogen-bond acceptors (Lipinski definition) is 2. The van der Waals surface area contributed by atoms with Crippen molar-refractivity contribution in [2.75, 3.05) is 0 Å². The predicted octanol–water partition coefficient (Wildman–Crippen LogP) is 8.43. The van der Waals surface area contributed by atoms with E-state index in [1.165, 1.54) is 34.5 Å². The molecule has 0 aliphatic carbocycles. The van der Waals surface area contributed by atoms with E-state index in [-0.39, 0.29) is 23.8 Å². The van der Waals surface area contributed by atoms with Crippen molar-refractivity contribution >= 4 is 22.1 Å². The number of nitrogens with zero attached hydrogens (tertiary/aromatic N) is 3. The smallest absolute Gasteiger partial charge is 0.227 e. The molecule has 0 saturated carbocycles. The van der Waals surface area contributed by atoms with Crippen molar-refractivity contribution in [2.45, 2.75) is 24.9 Å². The lowest BCUT2D eigenvalue weighted by Crippen LogP contribution is -2.52. The summed E-state index contributed by atoms with van der Waals surface area (Å²) in [6.45, 7) is 6.33. The van der Waals surface area contributed by atoms with Crippen molar-refractivity contribution in [3.63, 3.8) is 0 Å². The Hall–Kier alpha value is -5.42. The van der Waals surface area contributed by atoms with Crippen LogP contribution in [0.25, 0.3) is 55.7 Å². The number of pyridine rings is 3. The van der Waals surface area contributed by atoms with Gasteiger partial charge in [0.1, 0.15) is 11.7 Å². The summed E-state index contributed by atoms with van der Waals surface area (Å²) >= 11 is 0. The molecule has 6 heterocycles. The lowest BCUT2D eigenvalue weighted by atomic mass is 9.76. The number of aryl methyl sites for hydroxylation is 1. The van der Waals surface area contributed by atoms with Crippen LogP contribution in [0, 0.1) is 12.7 Å². The molecule has 4 nitrogen and oxygen atoms in total. The van der Waals surface area contributed by atoms with Crippen LogP contribution in [0.4, 0.5) is 4.39 Å². The van der Waals surface area contributed by atoms with Gasteiger partial charge in [-0.3, -0.25) is 0 Å². The summed E-state index contributed by atoms with van der Waals surface area (Å²) in [4.78, 5) is 4.73. The molecule has 7 aromatic rings. The molecule has 2 aliphatic heterocycles. The molecule has 0 N–H and O–H groups in total. The Labute approximate surface area is 254 Å². The fourth-order valence-electron chi connectivity index (χ4n) is 7.57. The van der Waals surface area contributed by atoms with Crippen LogP contribution in [-0.4, -0.2) is 4.98 Å². The summed E-state index contributed by atoms with van der Waals surface area (Å²) in [5.74, 6) is -0.182. The second-order valence-electron chi connectivity index (χ2n) is 11.8. The van der Waals surface area contributed by atoms with Crippen LogP contribution in [0.15, 0.2) is 133 Å². The van der Waals surface area contributed by atoms with Crippen LogP contribution in [0.5, 0.6) is 0 Å². The molecule has 3 aromatic carbocycles. The fraction of sp³-hybridized carbons (Fsp3) is 0.103. The Balaban J connectivity index is 1.35. The number of aromatic nitrogens is 3. The van der Waals surface area contributed by atoms with Crippen molar-refractivity contribution in [3.05, 3.63) is 151 Å². The fourth-order valence-corrected chi connectivity index (χ4v) is 7.57. The van der Waals surface area contributed by atoms with Gasteiger partial charge in [-0.15, -0.1) is 0 Å². The van der Waals surface area contributed by atoms with Gasteiger partial charge in [0.25, 0.3) is 0 Å². The van der Waals surface area contributed by atoms with E-state index < -0.39 is 0 Å². The molecule has 0 saturated heterocycles. The Bertz CT molecular complexity index is 2300. The molecule has 2 aliphatic rings. The second kappa shape index (κ2) is 9.29. The van der Waals surface area contributed by atoms with Crippen molar-refractivity contribution < 1.29 is 17.9 Å². The summed E-state index contributed by atoms with van der Waals surface area (Å²) in [6, 6.07) is 34.8. The van der Waals surface area contributed by atoms with Gasteiger partial charge in [-0.05, 0) is 72.2 Å². The first-order valence-electron chi connectivity index (χ1n) is 15.0. The van der Waals surface area contributed by atoms with Crippen LogP contribution in [-0.2, 0) is 0 Å². The number of benzene rings is 3. The Morgan fingerprint density at radius 2 is 1.59 bits per heavy atom. The molecular formula is C39H28FN3O+2. The molecule has 0 spiro atoms. The first-order valence-corrected chi connectivity index (χ1v) is 15.0. The molecule has 0 bridgehead atoms. The Morgan fingerprint density at radius 1 is 0.773 bits per heavy atom. The zero-order valence-electron chi connectivity index (χ0n) is 24.1. The average molecular weight is 574 g/mol. The summed E-state index contributed by atoms with van der Waals surface area (Å²) in [6.07, 6.45) is 6.44. The van der Waals surface area contributed by atoms with Gasteiger partial charge < -0.3 is 4.42 Å². The van der Waals surface area contributed by atoms with Crippen molar-refractivity contribution in [1.82, 2.24) is 4.98 Å². The van der Waals surface area contributed by atoms with E-state index in [1.54, 1.807) is 0 Å². The lowest BCUT2D eigenvalue weighted by molar-refractivity contribution is -0.739. The maximum atomic E-state index is 13.8. The Kier molecular flexibility index (Phi) is 5.30. The zero-order valence-corrected chi connectivity index (χ0v) is 24.1. The molecule has 5 heteroatoms. The van der Waals surface area contributed by atoms with Crippen LogP contribution < -0.4 is 9.13 Å². The van der Waals surface area contributed by atoms with E-state index >= 15 is 0 Å². The normalized spacial score (nSPS) is 18.1. The summed E-state index contributed by atoms with van der Waals surface area (Å²) in [5, 5.41) is 2.06. The van der Waals surface area contributed by atoms with Gasteiger partial charge in [-0.2, -0.15) is 9.13 Å². The topological polar surface area (TPSA) is 33.8 Å². The Morgan fingerprint density at radius 3 is 2.45 bits per heavy atom. The van der Waals surface area contributed by atoms with E-state index in [4.69, 9.17) is 9.40 Å². The monoisotopic (exact) mass is 573 g/mol. The SMILES string of the molecule is C=CC1C(C2c3ccc4c(oc5nc(C)ccc54)c3-c3cc(-c4ccc(F)cc4)cc[n+]32)c2ccccc2-c2cccc[n+]21. The van der Waals surface area contributed by atoms with Crippen molar-refractivity contribution in [1.29, 1.82) is 0 Å². The number of hydrogen-bond donors (Lipinski definition) is 0. The third-order valence-corrected chi connectivity index (χ3v) is 9.47. The van der Waals surface area contributed by atoms with Crippen LogP contribution in [0.3, 0.4) is 0 Å². The van der Waals surface area contributed by atoms with Crippen LogP contribution in [0.2, 0.25) is 0 Å². The van der Waals surface area contributed by atoms with E-state index in [9.17, 15) is 4.39 Å². The van der Waals surface area contributed by atoms with E-state index in [0.29, 0.717) is 5.71 Å². The van der Waals surface area contributed by atoms with Gasteiger partial charge >= 0.3 is 0 Å². The van der Waals surface area contributed by atoms with Gasteiger partial charge in [0.05, 0.1) is 11.1 Å². The maximum absolute atomic E-state index is 13.8. The third-order valence-electron chi connectivity index (χ3n) is 9.47. The van der Waals surface area contributed by atoms with E-state index in [2.05, 4.69) is 107 Å². The molecule has 3 atom stereocenters. The van der Waals surface area contributed by atoms with Crippen LogP contribution in [0.1, 0.15) is 34.8 Å². The highest BCUT2D eigenvalue weighted by molar-refractivity contribution is 6.09. The highest BCUT2D eigenvalue weighted by Gasteiger charge is 2.52. The van der Waals surface area contributed by atoms with Gasteiger partial charge in [0, 0.05) is 46.3 Å². The average Bonchev–Trinajstić information content (AvgIpc) is 3.59. The number of halogens is 1. The van der Waals surface area contributed by atoms with E-state index in [1.807, 2.05) is 25.1 Å². The van der Waals surface area contributed by atoms with Crippen LogP contribution >= 0.6 is 0 Å². The van der Waals surface area contributed by atoms with Gasteiger partial charge in [-0.25, -0.2) is 9.37 Å². The molecule has 0 amide bonds. The quantitative estimate of drug-likeness (QED) is 0.157. The number of furan rings is 1. The summed E-state index contributed by atoms with van der Waals surface area (Å²) < 4.78 is 25.2. The molecule has 4 aromatic heterocycles. The van der Waals surface area contributed by atoms with Crippen molar-refractivity contribution in [3.8, 4) is 33.6 Å². The highest BCUT2D eigenvalue weighted by Crippen LogP contribution is 2.51.